The quantitative estimate of drug-likeness (QED) is 0.665. The highest BCUT2D eigenvalue weighted by molar-refractivity contribution is 7.87. The standard InChI is InChI=1S/C12H6Cl2N2O3S2/c13-7-3-1-5-9(11(7)14)19-21(17,18)10-6-2-4-8-12(10)16-20-15-8/h1-6H. The maximum absolute atomic E-state index is 12.4. The number of aromatic nitrogens is 2. The molecule has 0 atom stereocenters. The van der Waals surface area contributed by atoms with Crippen molar-refractivity contribution >= 4 is 56.1 Å². The number of fused-ring (bicyclic) bond motifs is 1. The van der Waals surface area contributed by atoms with Crippen LogP contribution in [0.25, 0.3) is 11.0 Å². The smallest absolute Gasteiger partial charge is 0.341 e. The summed E-state index contributed by atoms with van der Waals surface area (Å²) in [5.41, 5.74) is 0.752. The van der Waals surface area contributed by atoms with Crippen molar-refractivity contribution in [1.29, 1.82) is 0 Å². The molecule has 3 aromatic rings. The SMILES string of the molecule is O=S(=O)(Oc1cccc(Cl)c1Cl)c1cccc2nsnc12. The molecule has 5 nitrogen and oxygen atoms in total. The zero-order chi connectivity index (χ0) is 15.0. The van der Waals surface area contributed by atoms with Crippen molar-refractivity contribution in [3.63, 3.8) is 0 Å². The van der Waals surface area contributed by atoms with Crippen LogP contribution in [0.5, 0.6) is 5.75 Å². The molecule has 0 aliphatic heterocycles. The predicted molar refractivity (Wildman–Crippen MR) is 81.7 cm³/mol. The number of benzene rings is 2. The van der Waals surface area contributed by atoms with Crippen LogP contribution in [-0.2, 0) is 10.1 Å². The summed E-state index contributed by atoms with van der Waals surface area (Å²) >= 11 is 12.7. The van der Waals surface area contributed by atoms with Gasteiger partial charge in [0.15, 0.2) is 5.75 Å². The van der Waals surface area contributed by atoms with E-state index in [0.29, 0.717) is 5.52 Å². The summed E-state index contributed by atoms with van der Waals surface area (Å²) < 4.78 is 37.8. The summed E-state index contributed by atoms with van der Waals surface area (Å²) in [4.78, 5) is -0.0650. The fraction of sp³-hybridized carbons (Fsp3) is 0. The molecular weight excluding hydrogens is 355 g/mol. The van der Waals surface area contributed by atoms with Crippen LogP contribution in [0.4, 0.5) is 0 Å². The lowest BCUT2D eigenvalue weighted by Gasteiger charge is -2.09. The van der Waals surface area contributed by atoms with Crippen molar-refractivity contribution in [2.75, 3.05) is 0 Å². The van der Waals surface area contributed by atoms with Crippen LogP contribution in [0.2, 0.25) is 10.0 Å². The second kappa shape index (κ2) is 5.42. The molecule has 2 aromatic carbocycles. The molecule has 0 bridgehead atoms. The van der Waals surface area contributed by atoms with E-state index < -0.39 is 10.1 Å². The van der Waals surface area contributed by atoms with Gasteiger partial charge in [0, 0.05) is 0 Å². The van der Waals surface area contributed by atoms with Crippen LogP contribution in [0.3, 0.4) is 0 Å². The number of rotatable bonds is 3. The van der Waals surface area contributed by atoms with Gasteiger partial charge in [0.1, 0.15) is 21.0 Å². The third-order valence-corrected chi connectivity index (χ3v) is 5.25. The molecule has 0 saturated heterocycles. The summed E-state index contributed by atoms with van der Waals surface area (Å²) in [5.74, 6) is -0.0376. The Morgan fingerprint density at radius 1 is 1.05 bits per heavy atom. The molecule has 0 radical (unpaired) electrons. The minimum Gasteiger partial charge on any atom is -0.377 e. The molecule has 0 saturated carbocycles. The Morgan fingerprint density at radius 3 is 2.62 bits per heavy atom. The van der Waals surface area contributed by atoms with Crippen molar-refractivity contribution in [2.24, 2.45) is 0 Å². The van der Waals surface area contributed by atoms with Crippen LogP contribution in [0.15, 0.2) is 41.3 Å². The average molecular weight is 361 g/mol. The van der Waals surface area contributed by atoms with Crippen molar-refractivity contribution in [2.45, 2.75) is 4.90 Å². The highest BCUT2D eigenvalue weighted by Crippen LogP contribution is 2.34. The number of hydrogen-bond acceptors (Lipinski definition) is 6. The molecule has 0 unspecified atom stereocenters. The lowest BCUT2D eigenvalue weighted by atomic mass is 10.3. The summed E-state index contributed by atoms with van der Waals surface area (Å²) in [6.07, 6.45) is 0. The average Bonchev–Trinajstić information content (AvgIpc) is 2.91. The van der Waals surface area contributed by atoms with E-state index in [1.807, 2.05) is 0 Å². The molecule has 0 amide bonds. The fourth-order valence-electron chi connectivity index (χ4n) is 1.69. The molecule has 3 rings (SSSR count). The van der Waals surface area contributed by atoms with Gasteiger partial charge < -0.3 is 4.18 Å². The van der Waals surface area contributed by atoms with E-state index in [-0.39, 0.29) is 26.2 Å². The number of nitrogens with zero attached hydrogens (tertiary/aromatic N) is 2. The summed E-state index contributed by atoms with van der Waals surface area (Å²) in [5, 5.41) is 0.240. The van der Waals surface area contributed by atoms with Gasteiger partial charge in [0.05, 0.1) is 16.8 Å². The molecule has 1 aromatic heterocycles. The molecule has 1 heterocycles. The Hall–Kier alpha value is -1.41. The van der Waals surface area contributed by atoms with E-state index in [4.69, 9.17) is 27.4 Å². The third-order valence-electron chi connectivity index (χ3n) is 2.63. The van der Waals surface area contributed by atoms with Gasteiger partial charge in [-0.3, -0.25) is 0 Å². The van der Waals surface area contributed by atoms with Gasteiger partial charge in [-0.25, -0.2) is 0 Å². The zero-order valence-corrected chi connectivity index (χ0v) is 13.3. The van der Waals surface area contributed by atoms with Gasteiger partial charge >= 0.3 is 10.1 Å². The zero-order valence-electron chi connectivity index (χ0n) is 10.2. The minimum absolute atomic E-state index is 0.0336. The minimum atomic E-state index is -4.09. The Balaban J connectivity index is 2.09. The third kappa shape index (κ3) is 2.69. The largest absolute Gasteiger partial charge is 0.377 e. The van der Waals surface area contributed by atoms with Crippen molar-refractivity contribution < 1.29 is 12.6 Å². The molecule has 0 N–H and O–H groups in total. The van der Waals surface area contributed by atoms with E-state index in [0.717, 1.165) is 11.7 Å². The van der Waals surface area contributed by atoms with Gasteiger partial charge in [0.2, 0.25) is 0 Å². The predicted octanol–water partition coefficient (Wildman–Crippen LogP) is 3.77. The van der Waals surface area contributed by atoms with Crippen LogP contribution in [0, 0.1) is 0 Å². The molecule has 108 valence electrons. The topological polar surface area (TPSA) is 69.2 Å². The summed E-state index contributed by atoms with van der Waals surface area (Å²) in [7, 11) is -4.09. The molecular formula is C12H6Cl2N2O3S2. The van der Waals surface area contributed by atoms with Gasteiger partial charge in [0.25, 0.3) is 0 Å². The molecule has 9 heteroatoms. The Morgan fingerprint density at radius 2 is 1.81 bits per heavy atom. The van der Waals surface area contributed by atoms with Crippen LogP contribution in [0.1, 0.15) is 0 Å². The molecule has 0 aliphatic rings. The normalized spacial score (nSPS) is 11.7. The van der Waals surface area contributed by atoms with E-state index in [1.165, 1.54) is 18.2 Å². The molecule has 0 fully saturated rings. The summed E-state index contributed by atoms with van der Waals surface area (Å²) in [6.45, 7) is 0. The van der Waals surface area contributed by atoms with Crippen molar-refractivity contribution in [3.05, 3.63) is 46.4 Å². The van der Waals surface area contributed by atoms with E-state index in [2.05, 4.69) is 8.75 Å². The lowest BCUT2D eigenvalue weighted by molar-refractivity contribution is 0.487. The molecule has 0 aliphatic carbocycles. The monoisotopic (exact) mass is 360 g/mol. The van der Waals surface area contributed by atoms with Crippen molar-refractivity contribution in [3.8, 4) is 5.75 Å². The first-order valence-corrected chi connectivity index (χ1v) is 8.48. The molecule has 0 spiro atoms. The van der Waals surface area contributed by atoms with E-state index in [9.17, 15) is 8.42 Å². The van der Waals surface area contributed by atoms with Gasteiger partial charge in [-0.15, -0.1) is 0 Å². The van der Waals surface area contributed by atoms with Gasteiger partial charge in [-0.2, -0.15) is 17.2 Å². The Kier molecular flexibility index (Phi) is 3.75. The van der Waals surface area contributed by atoms with Crippen molar-refractivity contribution in [1.82, 2.24) is 8.75 Å². The number of halogens is 2. The maximum Gasteiger partial charge on any atom is 0.341 e. The first-order valence-electron chi connectivity index (χ1n) is 5.59. The first-order chi connectivity index (χ1) is 9.99. The highest BCUT2D eigenvalue weighted by Gasteiger charge is 2.23. The fourth-order valence-corrected chi connectivity index (χ4v) is 3.78. The van der Waals surface area contributed by atoms with E-state index >= 15 is 0 Å². The van der Waals surface area contributed by atoms with Crippen LogP contribution in [-0.4, -0.2) is 17.2 Å². The maximum atomic E-state index is 12.4. The first kappa shape index (κ1) is 14.5. The number of hydrogen-bond donors (Lipinski definition) is 0. The van der Waals surface area contributed by atoms with Gasteiger partial charge in [-0.1, -0.05) is 35.3 Å². The Bertz CT molecular complexity index is 925. The van der Waals surface area contributed by atoms with Gasteiger partial charge in [-0.05, 0) is 24.3 Å². The molecule has 21 heavy (non-hydrogen) atoms. The second-order valence-electron chi connectivity index (χ2n) is 3.98. The van der Waals surface area contributed by atoms with E-state index in [1.54, 1.807) is 18.2 Å². The second-order valence-corrected chi connectivity index (χ2v) is 6.81. The van der Waals surface area contributed by atoms with Crippen LogP contribution < -0.4 is 4.18 Å². The lowest BCUT2D eigenvalue weighted by Crippen LogP contribution is -2.10. The Labute approximate surface area is 134 Å². The van der Waals surface area contributed by atoms with Crippen LogP contribution >= 0.6 is 34.9 Å². The summed E-state index contributed by atoms with van der Waals surface area (Å²) in [6, 6.07) is 9.14. The highest BCUT2D eigenvalue weighted by atomic mass is 35.5.